The maximum absolute atomic E-state index is 14.6. The molecule has 0 saturated heterocycles. The van der Waals surface area contributed by atoms with Crippen molar-refractivity contribution < 1.29 is 44.6 Å². The average Bonchev–Trinajstić information content (AvgIpc) is 2.76. The van der Waals surface area contributed by atoms with Gasteiger partial charge in [-0.2, -0.15) is 26.3 Å². The van der Waals surface area contributed by atoms with Crippen LogP contribution in [0.5, 0.6) is 11.5 Å². The molecule has 0 unspecified atom stereocenters. The molecular formula is C25H24F8O2. The fourth-order valence-electron chi connectivity index (χ4n) is 4.33. The molecule has 0 atom stereocenters. The predicted octanol–water partition coefficient (Wildman–Crippen LogP) is 8.92. The van der Waals surface area contributed by atoms with Crippen molar-refractivity contribution in [3.63, 3.8) is 0 Å². The minimum atomic E-state index is -4.73. The molecule has 0 bridgehead atoms. The summed E-state index contributed by atoms with van der Waals surface area (Å²) in [5.41, 5.74) is 0.343. The van der Waals surface area contributed by atoms with E-state index >= 15 is 0 Å². The molecule has 1 saturated carbocycles. The zero-order valence-corrected chi connectivity index (χ0v) is 18.8. The van der Waals surface area contributed by atoms with Gasteiger partial charge in [-0.25, -0.2) is 8.78 Å². The third-order valence-corrected chi connectivity index (χ3v) is 5.99. The fourth-order valence-corrected chi connectivity index (χ4v) is 4.33. The number of rotatable bonds is 9. The number of alkyl halides is 4. The van der Waals surface area contributed by atoms with Crippen LogP contribution in [-0.2, 0) is 6.11 Å². The Morgan fingerprint density at radius 2 is 1.49 bits per heavy atom. The Morgan fingerprint density at radius 3 is 2.00 bits per heavy atom. The van der Waals surface area contributed by atoms with Gasteiger partial charge in [-0.05, 0) is 55.2 Å². The van der Waals surface area contributed by atoms with Gasteiger partial charge in [0.15, 0.2) is 17.4 Å². The molecule has 1 aliphatic carbocycles. The lowest BCUT2D eigenvalue weighted by atomic mass is 9.77. The molecule has 1 fully saturated rings. The third-order valence-electron chi connectivity index (χ3n) is 5.99. The molecule has 2 aromatic rings. The lowest BCUT2D eigenvalue weighted by Crippen LogP contribution is -2.24. The van der Waals surface area contributed by atoms with Crippen LogP contribution < -0.4 is 9.47 Å². The number of ether oxygens (including phenoxy) is 2. The van der Waals surface area contributed by atoms with E-state index in [1.165, 1.54) is 6.42 Å². The van der Waals surface area contributed by atoms with Crippen molar-refractivity contribution in [2.24, 2.45) is 5.92 Å². The third kappa shape index (κ3) is 7.11. The van der Waals surface area contributed by atoms with Crippen LogP contribution in [0.1, 0.15) is 62.5 Å². The van der Waals surface area contributed by atoms with Crippen LogP contribution >= 0.6 is 0 Å². The van der Waals surface area contributed by atoms with Crippen molar-refractivity contribution in [2.45, 2.75) is 63.6 Å². The van der Waals surface area contributed by atoms with Crippen molar-refractivity contribution in [1.82, 2.24) is 0 Å². The molecule has 0 radical (unpaired) electrons. The molecule has 0 spiro atoms. The first-order valence-electron chi connectivity index (χ1n) is 11.2. The Hall–Kier alpha value is -2.78. The first-order valence-corrected chi connectivity index (χ1v) is 11.2. The molecule has 0 N–H and O–H groups in total. The zero-order valence-electron chi connectivity index (χ0n) is 18.8. The van der Waals surface area contributed by atoms with Gasteiger partial charge in [-0.3, -0.25) is 0 Å². The zero-order chi connectivity index (χ0) is 25.8. The van der Waals surface area contributed by atoms with Crippen LogP contribution in [-0.4, -0.2) is 6.11 Å². The smallest absolute Gasteiger partial charge is 0.426 e. The number of hydrogen-bond acceptors (Lipinski definition) is 2. The molecular weight excluding hydrogens is 484 g/mol. The molecule has 0 aromatic heterocycles. The van der Waals surface area contributed by atoms with Crippen LogP contribution in [0.4, 0.5) is 35.1 Å². The second-order valence-electron chi connectivity index (χ2n) is 8.56. The highest BCUT2D eigenvalue weighted by Crippen LogP contribution is 2.40. The molecule has 1 aliphatic rings. The van der Waals surface area contributed by atoms with Gasteiger partial charge in [-0.15, -0.1) is 0 Å². The summed E-state index contributed by atoms with van der Waals surface area (Å²) in [6.45, 7) is 2.14. The minimum Gasteiger partial charge on any atom is -0.429 e. The van der Waals surface area contributed by atoms with Crippen LogP contribution in [0, 0.1) is 17.6 Å². The summed E-state index contributed by atoms with van der Waals surface area (Å²) in [4.78, 5) is 0. The van der Waals surface area contributed by atoms with Gasteiger partial charge in [0.05, 0.1) is 11.6 Å². The van der Waals surface area contributed by atoms with E-state index in [1.54, 1.807) is 12.1 Å². The largest absolute Gasteiger partial charge is 0.429 e. The summed E-state index contributed by atoms with van der Waals surface area (Å²) in [5, 5.41) is 0. The summed E-state index contributed by atoms with van der Waals surface area (Å²) in [6.07, 6.45) is -6.11. The van der Waals surface area contributed by atoms with E-state index in [0.29, 0.717) is 5.92 Å². The highest BCUT2D eigenvalue weighted by atomic mass is 19.3. The summed E-state index contributed by atoms with van der Waals surface area (Å²) in [7, 11) is 0. The van der Waals surface area contributed by atoms with E-state index < -0.39 is 53.1 Å². The molecule has 0 heterocycles. The quantitative estimate of drug-likeness (QED) is 0.315. The summed E-state index contributed by atoms with van der Waals surface area (Å²) in [6, 6.07) is 5.85. The predicted molar refractivity (Wildman–Crippen MR) is 113 cm³/mol. The highest BCUT2D eigenvalue weighted by molar-refractivity contribution is 5.36. The van der Waals surface area contributed by atoms with E-state index in [9.17, 15) is 35.1 Å². The van der Waals surface area contributed by atoms with E-state index in [2.05, 4.69) is 16.4 Å². The van der Waals surface area contributed by atoms with Gasteiger partial charge in [-0.1, -0.05) is 31.9 Å². The summed E-state index contributed by atoms with van der Waals surface area (Å²) >= 11 is 0. The molecule has 10 heteroatoms. The highest BCUT2D eigenvalue weighted by Gasteiger charge is 2.37. The second kappa shape index (κ2) is 10.9. The van der Waals surface area contributed by atoms with E-state index in [-0.39, 0.29) is 18.1 Å². The van der Waals surface area contributed by atoms with Crippen molar-refractivity contribution in [3.8, 4) is 11.5 Å². The topological polar surface area (TPSA) is 18.5 Å². The van der Waals surface area contributed by atoms with Crippen LogP contribution in [0.15, 0.2) is 48.6 Å². The van der Waals surface area contributed by atoms with Gasteiger partial charge >= 0.3 is 12.2 Å². The first-order chi connectivity index (χ1) is 16.4. The van der Waals surface area contributed by atoms with Crippen LogP contribution in [0.3, 0.4) is 0 Å². The van der Waals surface area contributed by atoms with Gasteiger partial charge in [0.1, 0.15) is 5.75 Å². The van der Waals surface area contributed by atoms with E-state index in [0.717, 1.165) is 49.8 Å². The van der Waals surface area contributed by atoms with Gasteiger partial charge in [0, 0.05) is 12.1 Å². The summed E-state index contributed by atoms with van der Waals surface area (Å²) in [5.74, 6) is -5.44. The Bertz CT molecular complexity index is 1000. The molecule has 0 aliphatic heterocycles. The minimum absolute atomic E-state index is 0.195. The SMILES string of the molecule is CCCC1CCC(c2ccc(C(F)(F)Oc3cc(F)c(OC(F)(F)C=C(F)F)c(F)c3)cc2)CC1. The van der Waals surface area contributed by atoms with Gasteiger partial charge < -0.3 is 9.47 Å². The van der Waals surface area contributed by atoms with Crippen molar-refractivity contribution >= 4 is 0 Å². The van der Waals surface area contributed by atoms with Crippen molar-refractivity contribution in [1.29, 1.82) is 0 Å². The van der Waals surface area contributed by atoms with Crippen LogP contribution in [0.25, 0.3) is 0 Å². The summed E-state index contributed by atoms with van der Waals surface area (Å²) < 4.78 is 116. The number of hydrogen-bond donors (Lipinski definition) is 0. The Balaban J connectivity index is 1.70. The van der Waals surface area contributed by atoms with Crippen molar-refractivity contribution in [3.05, 3.63) is 71.3 Å². The first kappa shape index (κ1) is 26.8. The van der Waals surface area contributed by atoms with E-state index in [4.69, 9.17) is 0 Å². The number of benzene rings is 2. The standard InChI is InChI=1S/C25H24F8O2/c1-2-3-15-4-6-16(7-5-15)17-8-10-18(11-9-17)25(32,33)34-19-12-20(26)23(21(27)13-19)35-24(30,31)14-22(28)29/h8-16H,2-7H2,1H3. The van der Waals surface area contributed by atoms with Crippen LogP contribution in [0.2, 0.25) is 0 Å². The molecule has 35 heavy (non-hydrogen) atoms. The van der Waals surface area contributed by atoms with E-state index in [1.807, 2.05) is 0 Å². The van der Waals surface area contributed by atoms with Gasteiger partial charge in [0.25, 0.3) is 6.08 Å². The molecule has 2 aromatic carbocycles. The Kier molecular flexibility index (Phi) is 8.33. The lowest BCUT2D eigenvalue weighted by molar-refractivity contribution is -0.185. The molecule has 0 amide bonds. The average molecular weight is 508 g/mol. The van der Waals surface area contributed by atoms with Gasteiger partial charge in [0.2, 0.25) is 0 Å². The molecule has 192 valence electrons. The Morgan fingerprint density at radius 1 is 0.914 bits per heavy atom. The fraction of sp³-hybridized carbons (Fsp3) is 0.440. The number of halogens is 8. The normalized spacial score (nSPS) is 18.8. The lowest BCUT2D eigenvalue weighted by Gasteiger charge is -2.29. The maximum atomic E-state index is 14.6. The molecule has 2 nitrogen and oxygen atoms in total. The van der Waals surface area contributed by atoms with Crippen molar-refractivity contribution in [2.75, 3.05) is 0 Å². The monoisotopic (exact) mass is 508 g/mol. The Labute approximate surface area is 197 Å². The second-order valence-corrected chi connectivity index (χ2v) is 8.56. The molecule has 3 rings (SSSR count). The maximum Gasteiger partial charge on any atom is 0.426 e.